The molecule has 35 heavy (non-hydrogen) atoms. The number of halogens is 1. The van der Waals surface area contributed by atoms with E-state index in [2.05, 4.69) is 5.32 Å². The number of benzene rings is 3. The van der Waals surface area contributed by atoms with Gasteiger partial charge in [0, 0.05) is 5.69 Å². The van der Waals surface area contributed by atoms with Crippen molar-refractivity contribution in [2.75, 3.05) is 23.9 Å². The van der Waals surface area contributed by atoms with Gasteiger partial charge in [-0.05, 0) is 60.5 Å². The maximum Gasteiger partial charge on any atom is 0.270 e. The van der Waals surface area contributed by atoms with Crippen LogP contribution < -0.4 is 19.7 Å². The number of methoxy groups -OCH3 is 1. The van der Waals surface area contributed by atoms with Crippen molar-refractivity contribution in [2.24, 2.45) is 0 Å². The van der Waals surface area contributed by atoms with E-state index < -0.39 is 0 Å². The zero-order chi connectivity index (χ0) is 24.9. The number of anilines is 2. The Hall–Kier alpha value is -3.33. The summed E-state index contributed by atoms with van der Waals surface area (Å²) in [6.45, 7) is 1.71. The van der Waals surface area contributed by atoms with Crippen LogP contribution in [-0.4, -0.2) is 29.9 Å². The lowest BCUT2D eigenvalue weighted by atomic mass is 10.1. The van der Waals surface area contributed by atoms with E-state index in [1.54, 1.807) is 30.3 Å². The number of thioether (sulfide) groups is 1. The van der Waals surface area contributed by atoms with E-state index in [4.69, 9.17) is 33.3 Å². The molecule has 0 aromatic heterocycles. The summed E-state index contributed by atoms with van der Waals surface area (Å²) in [7, 11) is 1.48. The highest BCUT2D eigenvalue weighted by molar-refractivity contribution is 8.27. The number of ether oxygens (including phenoxy) is 2. The van der Waals surface area contributed by atoms with Crippen molar-refractivity contribution in [1.82, 2.24) is 0 Å². The minimum Gasteiger partial charge on any atom is -0.493 e. The summed E-state index contributed by atoms with van der Waals surface area (Å²) in [5, 5.41) is 2.99. The van der Waals surface area contributed by atoms with Crippen molar-refractivity contribution in [2.45, 2.75) is 6.92 Å². The molecule has 2 amide bonds. The molecule has 0 unspecified atom stereocenters. The second-order valence-corrected chi connectivity index (χ2v) is 9.68. The summed E-state index contributed by atoms with van der Waals surface area (Å²) >= 11 is 13.1. The quantitative estimate of drug-likeness (QED) is 0.298. The topological polar surface area (TPSA) is 67.9 Å². The molecule has 0 radical (unpaired) electrons. The normalized spacial score (nSPS) is 14.4. The number of para-hydroxylation sites is 1. The van der Waals surface area contributed by atoms with Crippen LogP contribution in [-0.2, 0) is 9.59 Å². The highest BCUT2D eigenvalue weighted by Crippen LogP contribution is 2.40. The van der Waals surface area contributed by atoms with E-state index in [0.29, 0.717) is 26.2 Å². The van der Waals surface area contributed by atoms with Crippen molar-refractivity contribution in [3.05, 3.63) is 87.8 Å². The fourth-order valence-electron chi connectivity index (χ4n) is 3.43. The smallest absolute Gasteiger partial charge is 0.270 e. The number of hydrogen-bond acceptors (Lipinski definition) is 6. The molecule has 1 saturated heterocycles. The van der Waals surface area contributed by atoms with Gasteiger partial charge in [-0.15, -0.1) is 0 Å². The van der Waals surface area contributed by atoms with E-state index in [9.17, 15) is 9.59 Å². The van der Waals surface area contributed by atoms with Gasteiger partial charge in [0.05, 0.1) is 22.7 Å². The second-order valence-electron chi connectivity index (χ2n) is 7.59. The molecule has 3 aromatic carbocycles. The first-order valence-corrected chi connectivity index (χ1v) is 12.2. The predicted octanol–water partition coefficient (Wildman–Crippen LogP) is 6.08. The molecule has 1 aliphatic heterocycles. The number of carbonyl (C=O) groups is 2. The third-order valence-corrected chi connectivity index (χ3v) is 6.59. The number of nitrogens with zero attached hydrogens (tertiary/aromatic N) is 1. The Morgan fingerprint density at radius 2 is 1.91 bits per heavy atom. The number of aryl methyl sites for hydroxylation is 1. The van der Waals surface area contributed by atoms with Crippen molar-refractivity contribution >= 4 is 69.2 Å². The van der Waals surface area contributed by atoms with E-state index in [0.717, 1.165) is 11.3 Å². The third kappa shape index (κ3) is 5.85. The number of thiocarbonyl (C=S) groups is 1. The van der Waals surface area contributed by atoms with Gasteiger partial charge in [-0.1, -0.05) is 65.9 Å². The highest BCUT2D eigenvalue weighted by Gasteiger charge is 2.33. The number of amides is 2. The van der Waals surface area contributed by atoms with Crippen molar-refractivity contribution < 1.29 is 19.1 Å². The molecule has 1 N–H and O–H groups in total. The molecular formula is C26H21ClN2O4S2. The zero-order valence-corrected chi connectivity index (χ0v) is 21.3. The first-order chi connectivity index (χ1) is 16.9. The Kier molecular flexibility index (Phi) is 7.75. The molecule has 0 aliphatic carbocycles. The van der Waals surface area contributed by atoms with Crippen LogP contribution in [0.1, 0.15) is 11.1 Å². The van der Waals surface area contributed by atoms with Crippen molar-refractivity contribution in [3.8, 4) is 11.5 Å². The molecule has 0 saturated carbocycles. The molecule has 1 heterocycles. The van der Waals surface area contributed by atoms with Gasteiger partial charge in [0.1, 0.15) is 0 Å². The summed E-state index contributed by atoms with van der Waals surface area (Å²) in [6, 6.07) is 20.0. The second kappa shape index (κ2) is 10.9. The average Bonchev–Trinajstić information content (AvgIpc) is 3.11. The van der Waals surface area contributed by atoms with Crippen LogP contribution >= 0.6 is 35.6 Å². The Bertz CT molecular complexity index is 1330. The van der Waals surface area contributed by atoms with Gasteiger partial charge in [-0.2, -0.15) is 0 Å². The molecule has 6 nitrogen and oxygen atoms in total. The molecule has 4 rings (SSSR count). The Labute approximate surface area is 217 Å². The van der Waals surface area contributed by atoms with Crippen LogP contribution in [0.5, 0.6) is 11.5 Å². The lowest BCUT2D eigenvalue weighted by Crippen LogP contribution is -2.27. The van der Waals surface area contributed by atoms with Crippen LogP contribution in [0, 0.1) is 6.92 Å². The fourth-order valence-corrected chi connectivity index (χ4v) is 5.00. The highest BCUT2D eigenvalue weighted by atomic mass is 35.5. The molecule has 3 aromatic rings. The molecule has 0 bridgehead atoms. The average molecular weight is 525 g/mol. The summed E-state index contributed by atoms with van der Waals surface area (Å²) in [6.07, 6.45) is 1.70. The van der Waals surface area contributed by atoms with Gasteiger partial charge >= 0.3 is 0 Å². The fraction of sp³-hybridized carbons (Fsp3) is 0.115. The standard InChI is InChI=1S/C26H21ClN2O4S2/c1-16-7-6-10-19(11-16)29-25(31)22(35-26(29)34)14-17-12-20(27)24(21(13-17)32-2)33-15-23(30)28-18-8-4-3-5-9-18/h3-14H,15H2,1-2H3,(H,28,30)/b22-14-. The lowest BCUT2D eigenvalue weighted by Gasteiger charge is -2.15. The van der Waals surface area contributed by atoms with Gasteiger partial charge in [0.15, 0.2) is 22.4 Å². The molecule has 9 heteroatoms. The van der Waals surface area contributed by atoms with Crippen molar-refractivity contribution in [1.29, 1.82) is 0 Å². The number of nitrogens with one attached hydrogen (secondary N) is 1. The van der Waals surface area contributed by atoms with E-state index in [1.165, 1.54) is 23.8 Å². The summed E-state index contributed by atoms with van der Waals surface area (Å²) < 4.78 is 11.5. The maximum atomic E-state index is 13.1. The van der Waals surface area contributed by atoms with Gasteiger partial charge in [0.2, 0.25) is 0 Å². The number of rotatable bonds is 7. The summed E-state index contributed by atoms with van der Waals surface area (Å²) in [5.41, 5.74) is 3.06. The van der Waals surface area contributed by atoms with Gasteiger partial charge in [-0.25, -0.2) is 0 Å². The first-order valence-electron chi connectivity index (χ1n) is 10.6. The molecular weight excluding hydrogens is 504 g/mol. The van der Waals surface area contributed by atoms with E-state index in [1.807, 2.05) is 49.4 Å². The number of carbonyl (C=O) groups excluding carboxylic acids is 2. The van der Waals surface area contributed by atoms with Crippen LogP contribution in [0.15, 0.2) is 71.6 Å². The van der Waals surface area contributed by atoms with Gasteiger partial charge < -0.3 is 14.8 Å². The van der Waals surface area contributed by atoms with Crippen LogP contribution in [0.2, 0.25) is 5.02 Å². The molecule has 1 aliphatic rings. The Morgan fingerprint density at radius 1 is 1.14 bits per heavy atom. The third-order valence-electron chi connectivity index (χ3n) is 5.01. The maximum absolute atomic E-state index is 13.1. The minimum atomic E-state index is -0.335. The van der Waals surface area contributed by atoms with Crippen LogP contribution in [0.25, 0.3) is 6.08 Å². The Balaban J connectivity index is 1.51. The molecule has 1 fully saturated rings. The minimum absolute atomic E-state index is 0.210. The van der Waals surface area contributed by atoms with Gasteiger partial charge in [-0.3, -0.25) is 14.5 Å². The summed E-state index contributed by atoms with van der Waals surface area (Å²) in [4.78, 5) is 27.3. The van der Waals surface area contributed by atoms with Gasteiger partial charge in [0.25, 0.3) is 11.8 Å². The molecule has 0 spiro atoms. The van der Waals surface area contributed by atoms with E-state index >= 15 is 0 Å². The van der Waals surface area contributed by atoms with Crippen LogP contribution in [0.4, 0.5) is 11.4 Å². The predicted molar refractivity (Wildman–Crippen MR) is 145 cm³/mol. The first kappa shape index (κ1) is 24.8. The monoisotopic (exact) mass is 524 g/mol. The van der Waals surface area contributed by atoms with Crippen molar-refractivity contribution in [3.63, 3.8) is 0 Å². The van der Waals surface area contributed by atoms with Crippen LogP contribution in [0.3, 0.4) is 0 Å². The molecule has 0 atom stereocenters. The Morgan fingerprint density at radius 3 is 2.63 bits per heavy atom. The lowest BCUT2D eigenvalue weighted by molar-refractivity contribution is -0.118. The largest absolute Gasteiger partial charge is 0.493 e. The van der Waals surface area contributed by atoms with E-state index in [-0.39, 0.29) is 29.2 Å². The SMILES string of the molecule is COc1cc(/C=C2\SC(=S)N(c3cccc(C)c3)C2=O)cc(Cl)c1OCC(=O)Nc1ccccc1. The molecule has 178 valence electrons. The summed E-state index contributed by atoms with van der Waals surface area (Å²) in [5.74, 6) is 0.0316. The zero-order valence-electron chi connectivity index (χ0n) is 18.9. The number of hydrogen-bond donors (Lipinski definition) is 1.